The summed E-state index contributed by atoms with van der Waals surface area (Å²) >= 11 is 0. The molecule has 0 aromatic heterocycles. The van der Waals surface area contributed by atoms with E-state index < -0.39 is 35.2 Å². The number of aryl methyl sites for hydroxylation is 1. The van der Waals surface area contributed by atoms with Crippen LogP contribution in [-0.4, -0.2) is 41.9 Å². The molecular formula is C31H43N3O5. The number of rotatable bonds is 14. The zero-order valence-corrected chi connectivity index (χ0v) is 23.8. The Hall–Kier alpha value is -3.68. The summed E-state index contributed by atoms with van der Waals surface area (Å²) in [6, 6.07) is 14.3. The van der Waals surface area contributed by atoms with Gasteiger partial charge in [0, 0.05) is 18.5 Å². The third-order valence-corrected chi connectivity index (χ3v) is 7.09. The number of aliphatic carboxylic acids is 1. The van der Waals surface area contributed by atoms with Crippen LogP contribution in [0, 0.1) is 17.3 Å². The van der Waals surface area contributed by atoms with Gasteiger partial charge >= 0.3 is 5.97 Å². The van der Waals surface area contributed by atoms with Gasteiger partial charge in [-0.15, -0.1) is 0 Å². The van der Waals surface area contributed by atoms with Crippen molar-refractivity contribution in [3.63, 3.8) is 0 Å². The zero-order valence-electron chi connectivity index (χ0n) is 23.8. The summed E-state index contributed by atoms with van der Waals surface area (Å²) in [6.07, 6.45) is 3.42. The predicted octanol–water partition coefficient (Wildman–Crippen LogP) is 4.56. The SMILES string of the molecule is CCCC[C@@H](C[C@H](CCc1ccc(-c2ccc(C(N)=O)cc2)cc1)C(=O)N[C@H](C(=O)NC)C(C)(C)C)C(=O)O. The Morgan fingerprint density at radius 3 is 1.90 bits per heavy atom. The molecule has 2 aromatic carbocycles. The van der Waals surface area contributed by atoms with Crippen LogP contribution in [-0.2, 0) is 20.8 Å². The fourth-order valence-electron chi connectivity index (χ4n) is 4.60. The van der Waals surface area contributed by atoms with E-state index in [1.54, 1.807) is 12.1 Å². The minimum absolute atomic E-state index is 0.218. The predicted molar refractivity (Wildman–Crippen MR) is 153 cm³/mol. The van der Waals surface area contributed by atoms with Crippen LogP contribution in [0.25, 0.3) is 11.1 Å². The molecule has 0 fully saturated rings. The first-order chi connectivity index (χ1) is 18.4. The highest BCUT2D eigenvalue weighted by Gasteiger charge is 2.35. The number of carboxylic acid groups (broad SMARTS) is 1. The van der Waals surface area contributed by atoms with Gasteiger partial charge in [0.2, 0.25) is 17.7 Å². The van der Waals surface area contributed by atoms with Gasteiger partial charge in [-0.1, -0.05) is 76.9 Å². The summed E-state index contributed by atoms with van der Waals surface area (Å²) in [4.78, 5) is 49.3. The molecule has 0 heterocycles. The highest BCUT2D eigenvalue weighted by molar-refractivity contribution is 5.93. The van der Waals surface area contributed by atoms with E-state index >= 15 is 0 Å². The standard InChI is InChI=1S/C31H43N3O5/c1-6-7-8-25(30(38)39)19-24(28(36)34-26(29(37)33-5)31(2,3)4)14-11-20-9-12-21(13-10-20)22-15-17-23(18-16-22)27(32)35/h9-10,12-13,15-18,24-26H,6-8,11,14,19H2,1-5H3,(H2,32,35)(H,33,37)(H,34,36)(H,38,39)/t24-,25-,26+/m0/s1. The topological polar surface area (TPSA) is 139 Å². The van der Waals surface area contributed by atoms with Crippen molar-refractivity contribution in [2.75, 3.05) is 7.05 Å². The molecule has 212 valence electrons. The molecule has 0 bridgehead atoms. The van der Waals surface area contributed by atoms with Crippen LogP contribution >= 0.6 is 0 Å². The average Bonchev–Trinajstić information content (AvgIpc) is 2.90. The minimum Gasteiger partial charge on any atom is -0.481 e. The van der Waals surface area contributed by atoms with Crippen molar-refractivity contribution in [1.82, 2.24) is 10.6 Å². The van der Waals surface area contributed by atoms with E-state index in [9.17, 15) is 24.3 Å². The average molecular weight is 538 g/mol. The maximum atomic E-state index is 13.5. The fraction of sp³-hybridized carbons (Fsp3) is 0.484. The normalized spacial score (nSPS) is 13.7. The summed E-state index contributed by atoms with van der Waals surface area (Å²) in [5.74, 6) is -3.13. The molecule has 2 aromatic rings. The van der Waals surface area contributed by atoms with Gasteiger partial charge < -0.3 is 21.5 Å². The number of primary amides is 1. The Morgan fingerprint density at radius 2 is 1.44 bits per heavy atom. The molecule has 5 N–H and O–H groups in total. The van der Waals surface area contributed by atoms with Gasteiger partial charge in [0.25, 0.3) is 0 Å². The molecule has 0 saturated heterocycles. The van der Waals surface area contributed by atoms with E-state index in [-0.39, 0.29) is 18.2 Å². The number of carbonyl (C=O) groups excluding carboxylic acids is 3. The number of benzene rings is 2. The zero-order chi connectivity index (χ0) is 29.2. The van der Waals surface area contributed by atoms with Gasteiger partial charge in [-0.3, -0.25) is 19.2 Å². The molecule has 0 unspecified atom stereocenters. The number of nitrogens with one attached hydrogen (secondary N) is 2. The number of unbranched alkanes of at least 4 members (excludes halogenated alkanes) is 1. The second-order valence-corrected chi connectivity index (χ2v) is 11.2. The van der Waals surface area contributed by atoms with Gasteiger partial charge in [-0.25, -0.2) is 0 Å². The van der Waals surface area contributed by atoms with Crippen molar-refractivity contribution >= 4 is 23.7 Å². The quantitative estimate of drug-likeness (QED) is 0.280. The van der Waals surface area contributed by atoms with E-state index in [2.05, 4.69) is 10.6 Å². The first-order valence-electron chi connectivity index (χ1n) is 13.6. The lowest BCUT2D eigenvalue weighted by Crippen LogP contribution is -2.54. The number of carboxylic acids is 1. The second-order valence-electron chi connectivity index (χ2n) is 11.2. The van der Waals surface area contributed by atoms with Crippen molar-refractivity contribution in [2.45, 2.75) is 72.3 Å². The van der Waals surface area contributed by atoms with Crippen LogP contribution in [0.15, 0.2) is 48.5 Å². The van der Waals surface area contributed by atoms with Gasteiger partial charge in [-0.2, -0.15) is 0 Å². The summed E-state index contributed by atoms with van der Waals surface area (Å²) in [5.41, 5.74) is 8.20. The molecule has 0 aliphatic carbocycles. The summed E-state index contributed by atoms with van der Waals surface area (Å²) in [7, 11) is 1.53. The second kappa shape index (κ2) is 14.5. The van der Waals surface area contributed by atoms with Crippen LogP contribution in [0.5, 0.6) is 0 Å². The molecular weight excluding hydrogens is 494 g/mol. The fourth-order valence-corrected chi connectivity index (χ4v) is 4.60. The summed E-state index contributed by atoms with van der Waals surface area (Å²) in [6.45, 7) is 7.65. The Morgan fingerprint density at radius 1 is 0.872 bits per heavy atom. The van der Waals surface area contributed by atoms with Gasteiger partial charge in [0.1, 0.15) is 6.04 Å². The van der Waals surface area contributed by atoms with E-state index in [0.29, 0.717) is 24.8 Å². The summed E-state index contributed by atoms with van der Waals surface area (Å²) in [5, 5.41) is 15.3. The van der Waals surface area contributed by atoms with Gasteiger partial charge in [-0.05, 0) is 59.9 Å². The first kappa shape index (κ1) is 31.5. The van der Waals surface area contributed by atoms with E-state index in [0.717, 1.165) is 29.5 Å². The third kappa shape index (κ3) is 9.53. The van der Waals surface area contributed by atoms with Crippen molar-refractivity contribution in [3.8, 4) is 11.1 Å². The van der Waals surface area contributed by atoms with Crippen LogP contribution in [0.1, 0.15) is 75.7 Å². The molecule has 8 nitrogen and oxygen atoms in total. The number of hydrogen-bond acceptors (Lipinski definition) is 4. The molecule has 8 heteroatoms. The first-order valence-corrected chi connectivity index (χ1v) is 13.6. The lowest BCUT2D eigenvalue weighted by Gasteiger charge is -2.31. The monoisotopic (exact) mass is 537 g/mol. The highest BCUT2D eigenvalue weighted by atomic mass is 16.4. The van der Waals surface area contributed by atoms with Crippen molar-refractivity contribution in [1.29, 1.82) is 0 Å². The molecule has 0 aliphatic rings. The maximum absolute atomic E-state index is 13.5. The molecule has 39 heavy (non-hydrogen) atoms. The highest BCUT2D eigenvalue weighted by Crippen LogP contribution is 2.27. The molecule has 3 amide bonds. The number of hydrogen-bond donors (Lipinski definition) is 4. The largest absolute Gasteiger partial charge is 0.481 e. The lowest BCUT2D eigenvalue weighted by molar-refractivity contribution is -0.143. The Bertz CT molecular complexity index is 1120. The Labute approximate surface area is 231 Å². The van der Waals surface area contributed by atoms with E-state index in [4.69, 9.17) is 5.73 Å². The van der Waals surface area contributed by atoms with Crippen molar-refractivity contribution in [3.05, 3.63) is 59.7 Å². The lowest BCUT2D eigenvalue weighted by atomic mass is 9.83. The molecule has 2 rings (SSSR count). The number of likely N-dealkylation sites (N-methyl/N-ethyl adjacent to an activating group) is 1. The van der Waals surface area contributed by atoms with E-state index in [1.165, 1.54) is 7.05 Å². The van der Waals surface area contributed by atoms with Crippen LogP contribution in [0.3, 0.4) is 0 Å². The maximum Gasteiger partial charge on any atom is 0.306 e. The van der Waals surface area contributed by atoms with E-state index in [1.807, 2.05) is 64.1 Å². The minimum atomic E-state index is -0.897. The third-order valence-electron chi connectivity index (χ3n) is 7.09. The van der Waals surface area contributed by atoms with Crippen molar-refractivity contribution in [2.24, 2.45) is 23.0 Å². The van der Waals surface area contributed by atoms with Crippen LogP contribution in [0.4, 0.5) is 0 Å². The van der Waals surface area contributed by atoms with Gasteiger partial charge in [0.15, 0.2) is 0 Å². The molecule has 3 atom stereocenters. The Kier molecular flexibility index (Phi) is 11.7. The number of nitrogens with two attached hydrogens (primary N) is 1. The van der Waals surface area contributed by atoms with Crippen LogP contribution in [0.2, 0.25) is 0 Å². The number of carbonyl (C=O) groups is 4. The van der Waals surface area contributed by atoms with Crippen molar-refractivity contribution < 1.29 is 24.3 Å². The molecule has 0 radical (unpaired) electrons. The van der Waals surface area contributed by atoms with Gasteiger partial charge in [0.05, 0.1) is 5.92 Å². The molecule has 0 saturated carbocycles. The smallest absolute Gasteiger partial charge is 0.306 e. The summed E-state index contributed by atoms with van der Waals surface area (Å²) < 4.78 is 0. The molecule has 0 aliphatic heterocycles. The number of amides is 3. The Balaban J connectivity index is 2.21. The molecule has 0 spiro atoms. The van der Waals surface area contributed by atoms with Crippen LogP contribution < -0.4 is 16.4 Å².